The fourth-order valence-corrected chi connectivity index (χ4v) is 1.86. The number of benzene rings is 2. The van der Waals surface area contributed by atoms with Crippen molar-refractivity contribution in [3.63, 3.8) is 0 Å². The molecule has 0 amide bonds. The molecule has 2 heteroatoms. The Bertz CT molecular complexity index is 400. The summed E-state index contributed by atoms with van der Waals surface area (Å²) in [6.45, 7) is 0. The summed E-state index contributed by atoms with van der Waals surface area (Å²) in [6.07, 6.45) is 1.93. The average molecular weight is 279 g/mol. The van der Waals surface area contributed by atoms with Crippen LogP contribution in [-0.4, -0.2) is 0 Å². The monoisotopic (exact) mass is 278 g/mol. The SMILES string of the molecule is Fc1ccc(CCc2ccc(Br)cc2)cc1. The molecule has 0 radical (unpaired) electrons. The minimum Gasteiger partial charge on any atom is -0.207 e. The second-order valence-corrected chi connectivity index (χ2v) is 4.67. The Hall–Kier alpha value is -1.15. The molecule has 0 N–H and O–H groups in total. The molecule has 0 aromatic heterocycles. The second kappa shape index (κ2) is 5.26. The molecule has 82 valence electrons. The molecule has 0 saturated carbocycles. The third-order valence-electron chi connectivity index (χ3n) is 2.53. The lowest BCUT2D eigenvalue weighted by Gasteiger charge is -2.02. The van der Waals surface area contributed by atoms with E-state index >= 15 is 0 Å². The lowest BCUT2D eigenvalue weighted by Crippen LogP contribution is -1.91. The maximum atomic E-state index is 12.7. The van der Waals surface area contributed by atoms with Crippen molar-refractivity contribution in [1.82, 2.24) is 0 Å². The highest BCUT2D eigenvalue weighted by Crippen LogP contribution is 2.13. The van der Waals surface area contributed by atoms with E-state index in [1.165, 1.54) is 23.3 Å². The molecule has 0 heterocycles. The summed E-state index contributed by atoms with van der Waals surface area (Å²) in [7, 11) is 0. The Morgan fingerprint density at radius 3 is 1.69 bits per heavy atom. The first-order valence-corrected chi connectivity index (χ1v) is 6.02. The Morgan fingerprint density at radius 1 is 0.750 bits per heavy atom. The van der Waals surface area contributed by atoms with Gasteiger partial charge in [0.05, 0.1) is 0 Å². The highest BCUT2D eigenvalue weighted by Gasteiger charge is 1.96. The van der Waals surface area contributed by atoms with Gasteiger partial charge in [-0.3, -0.25) is 0 Å². The molecule has 0 bridgehead atoms. The largest absolute Gasteiger partial charge is 0.207 e. The number of rotatable bonds is 3. The van der Waals surface area contributed by atoms with Crippen LogP contribution in [0.1, 0.15) is 11.1 Å². The Balaban J connectivity index is 1.97. The van der Waals surface area contributed by atoms with Crippen molar-refractivity contribution in [3.8, 4) is 0 Å². The lowest BCUT2D eigenvalue weighted by molar-refractivity contribution is 0.627. The summed E-state index contributed by atoms with van der Waals surface area (Å²) >= 11 is 3.41. The van der Waals surface area contributed by atoms with E-state index in [1.807, 2.05) is 24.3 Å². The number of hydrogen-bond donors (Lipinski definition) is 0. The molecule has 2 aromatic carbocycles. The zero-order valence-electron chi connectivity index (χ0n) is 8.79. The van der Waals surface area contributed by atoms with Gasteiger partial charge in [0.1, 0.15) is 5.82 Å². The highest BCUT2D eigenvalue weighted by molar-refractivity contribution is 9.10. The van der Waals surface area contributed by atoms with Gasteiger partial charge in [-0.05, 0) is 48.2 Å². The fourth-order valence-electron chi connectivity index (χ4n) is 1.59. The summed E-state index contributed by atoms with van der Waals surface area (Å²) in [6, 6.07) is 15.0. The quantitative estimate of drug-likeness (QED) is 0.782. The summed E-state index contributed by atoms with van der Waals surface area (Å²) in [5.41, 5.74) is 2.47. The first kappa shape index (κ1) is 11.3. The topological polar surface area (TPSA) is 0 Å². The summed E-state index contributed by atoms with van der Waals surface area (Å²) in [4.78, 5) is 0. The van der Waals surface area contributed by atoms with Crippen LogP contribution in [0.2, 0.25) is 0 Å². The van der Waals surface area contributed by atoms with Crippen LogP contribution in [0.4, 0.5) is 4.39 Å². The molecule has 0 nitrogen and oxygen atoms in total. The Labute approximate surface area is 103 Å². The van der Waals surface area contributed by atoms with Gasteiger partial charge in [0, 0.05) is 4.47 Å². The molecule has 16 heavy (non-hydrogen) atoms. The van der Waals surface area contributed by atoms with Crippen molar-refractivity contribution in [3.05, 3.63) is 69.9 Å². The van der Waals surface area contributed by atoms with E-state index in [0.29, 0.717) is 0 Å². The van der Waals surface area contributed by atoms with Crippen LogP contribution in [0.5, 0.6) is 0 Å². The van der Waals surface area contributed by atoms with Crippen molar-refractivity contribution in [2.45, 2.75) is 12.8 Å². The zero-order chi connectivity index (χ0) is 11.4. The standard InChI is InChI=1S/C14H12BrF/c15-13-7-3-11(4-8-13)1-2-12-5-9-14(16)10-6-12/h3-10H,1-2H2. The number of aryl methyl sites for hydroxylation is 2. The summed E-state index contributed by atoms with van der Waals surface area (Å²) in [5.74, 6) is -0.174. The van der Waals surface area contributed by atoms with Gasteiger partial charge in [-0.2, -0.15) is 0 Å². The van der Waals surface area contributed by atoms with Crippen molar-refractivity contribution in [2.75, 3.05) is 0 Å². The maximum Gasteiger partial charge on any atom is 0.123 e. The van der Waals surface area contributed by atoms with E-state index < -0.39 is 0 Å². The van der Waals surface area contributed by atoms with Crippen LogP contribution >= 0.6 is 15.9 Å². The van der Waals surface area contributed by atoms with E-state index in [0.717, 1.165) is 17.3 Å². The van der Waals surface area contributed by atoms with Gasteiger partial charge in [0.2, 0.25) is 0 Å². The van der Waals surface area contributed by atoms with Crippen molar-refractivity contribution in [2.24, 2.45) is 0 Å². The summed E-state index contributed by atoms with van der Waals surface area (Å²) in [5, 5.41) is 0. The third kappa shape index (κ3) is 3.17. The highest BCUT2D eigenvalue weighted by atomic mass is 79.9. The molecule has 0 spiro atoms. The molecule has 0 saturated heterocycles. The Morgan fingerprint density at radius 2 is 1.19 bits per heavy atom. The smallest absolute Gasteiger partial charge is 0.123 e. The molecule has 2 aromatic rings. The van der Waals surface area contributed by atoms with Crippen LogP contribution in [0, 0.1) is 5.82 Å². The number of hydrogen-bond acceptors (Lipinski definition) is 0. The van der Waals surface area contributed by atoms with Crippen LogP contribution in [0.15, 0.2) is 53.0 Å². The van der Waals surface area contributed by atoms with Gasteiger partial charge in [-0.15, -0.1) is 0 Å². The van der Waals surface area contributed by atoms with Crippen LogP contribution in [-0.2, 0) is 12.8 Å². The lowest BCUT2D eigenvalue weighted by atomic mass is 10.0. The minimum atomic E-state index is -0.174. The molecule has 0 aliphatic carbocycles. The van der Waals surface area contributed by atoms with Crippen molar-refractivity contribution < 1.29 is 4.39 Å². The van der Waals surface area contributed by atoms with Gasteiger partial charge in [-0.25, -0.2) is 4.39 Å². The van der Waals surface area contributed by atoms with Gasteiger partial charge in [0.25, 0.3) is 0 Å². The molecule has 0 aliphatic rings. The van der Waals surface area contributed by atoms with Crippen LogP contribution < -0.4 is 0 Å². The van der Waals surface area contributed by atoms with Crippen molar-refractivity contribution in [1.29, 1.82) is 0 Å². The second-order valence-electron chi connectivity index (χ2n) is 3.75. The van der Waals surface area contributed by atoms with Crippen LogP contribution in [0.25, 0.3) is 0 Å². The van der Waals surface area contributed by atoms with Crippen molar-refractivity contribution >= 4 is 15.9 Å². The van der Waals surface area contributed by atoms with Gasteiger partial charge in [-0.1, -0.05) is 40.2 Å². The van der Waals surface area contributed by atoms with Crippen LogP contribution in [0.3, 0.4) is 0 Å². The molecular weight excluding hydrogens is 267 g/mol. The van der Waals surface area contributed by atoms with E-state index in [2.05, 4.69) is 28.1 Å². The van der Waals surface area contributed by atoms with Gasteiger partial charge >= 0.3 is 0 Å². The molecule has 0 fully saturated rings. The van der Waals surface area contributed by atoms with E-state index in [9.17, 15) is 4.39 Å². The minimum absolute atomic E-state index is 0.174. The zero-order valence-corrected chi connectivity index (χ0v) is 10.4. The predicted octanol–water partition coefficient (Wildman–Crippen LogP) is 4.37. The summed E-state index contributed by atoms with van der Waals surface area (Å²) < 4.78 is 13.8. The first-order valence-electron chi connectivity index (χ1n) is 5.23. The van der Waals surface area contributed by atoms with E-state index in [1.54, 1.807) is 0 Å². The molecular formula is C14H12BrF. The molecule has 2 rings (SSSR count). The van der Waals surface area contributed by atoms with Gasteiger partial charge < -0.3 is 0 Å². The normalized spacial score (nSPS) is 10.4. The molecule has 0 aliphatic heterocycles. The number of halogens is 2. The molecule has 0 unspecified atom stereocenters. The third-order valence-corrected chi connectivity index (χ3v) is 3.06. The van der Waals surface area contributed by atoms with E-state index in [4.69, 9.17) is 0 Å². The fraction of sp³-hybridized carbons (Fsp3) is 0.143. The maximum absolute atomic E-state index is 12.7. The Kier molecular flexibility index (Phi) is 3.73. The van der Waals surface area contributed by atoms with E-state index in [-0.39, 0.29) is 5.82 Å². The first-order chi connectivity index (χ1) is 7.74. The average Bonchev–Trinajstić information content (AvgIpc) is 2.30. The molecule has 0 atom stereocenters. The predicted molar refractivity (Wildman–Crippen MR) is 68.0 cm³/mol. The van der Waals surface area contributed by atoms with Gasteiger partial charge in [0.15, 0.2) is 0 Å².